The fourth-order valence-corrected chi connectivity index (χ4v) is 4.27. The van der Waals surface area contributed by atoms with Crippen LogP contribution in [0.4, 0.5) is 9.18 Å². The van der Waals surface area contributed by atoms with Gasteiger partial charge in [0.05, 0.1) is 12.4 Å². The lowest BCUT2D eigenvalue weighted by molar-refractivity contribution is -0.121. The maximum atomic E-state index is 14.0. The average molecular weight is 474 g/mol. The summed E-state index contributed by atoms with van der Waals surface area (Å²) in [6, 6.07) is 3.48. The highest BCUT2D eigenvalue weighted by Gasteiger charge is 2.27. The monoisotopic (exact) mass is 473 g/mol. The van der Waals surface area contributed by atoms with Crippen LogP contribution in [0.3, 0.4) is 0 Å². The second-order valence-electron chi connectivity index (χ2n) is 8.56. The Hall–Kier alpha value is -2.24. The summed E-state index contributed by atoms with van der Waals surface area (Å²) < 4.78 is 46.4. The minimum Gasteiger partial charge on any atom is -0.490 e. The molecule has 2 rings (SSSR count). The first-order chi connectivity index (χ1) is 14.9. The van der Waals surface area contributed by atoms with Gasteiger partial charge in [-0.05, 0) is 43.4 Å². The minimum absolute atomic E-state index is 0.00258. The number of sulfonamides is 1. The van der Waals surface area contributed by atoms with Gasteiger partial charge < -0.3 is 14.7 Å². The number of amides is 3. The van der Waals surface area contributed by atoms with E-state index in [4.69, 9.17) is 4.74 Å². The topological polar surface area (TPSA) is 125 Å². The van der Waals surface area contributed by atoms with E-state index in [2.05, 4.69) is 10.0 Å². The van der Waals surface area contributed by atoms with Gasteiger partial charge in [0.25, 0.3) is 0 Å². The lowest BCUT2D eigenvalue weighted by Crippen LogP contribution is -2.49. The van der Waals surface area contributed by atoms with Crippen molar-refractivity contribution in [2.75, 3.05) is 32.0 Å². The molecule has 0 aromatic heterocycles. The third kappa shape index (κ3) is 8.03. The summed E-state index contributed by atoms with van der Waals surface area (Å²) >= 11 is 0. The Labute approximate surface area is 188 Å². The Kier molecular flexibility index (Phi) is 8.99. The second-order valence-corrected chi connectivity index (χ2v) is 10.5. The molecule has 1 aliphatic heterocycles. The molecule has 1 unspecified atom stereocenters. The van der Waals surface area contributed by atoms with Crippen molar-refractivity contribution in [3.8, 4) is 5.75 Å². The third-order valence-electron chi connectivity index (χ3n) is 5.00. The molecule has 1 saturated heterocycles. The molecule has 0 aliphatic carbocycles. The zero-order chi connectivity index (χ0) is 23.9. The highest BCUT2D eigenvalue weighted by Crippen LogP contribution is 2.27. The van der Waals surface area contributed by atoms with Crippen LogP contribution in [0.15, 0.2) is 18.2 Å². The van der Waals surface area contributed by atoms with Gasteiger partial charge in [-0.2, -0.15) is 0 Å². The largest absolute Gasteiger partial charge is 0.490 e. The van der Waals surface area contributed by atoms with Crippen LogP contribution in [0.2, 0.25) is 0 Å². The zero-order valence-electron chi connectivity index (χ0n) is 18.7. The number of ether oxygens (including phenoxy) is 1. The summed E-state index contributed by atoms with van der Waals surface area (Å²) in [4.78, 5) is 24.3. The molecular formula is C21H32FN3O6S. The normalized spacial score (nSPS) is 16.8. The van der Waals surface area contributed by atoms with Crippen LogP contribution in [0, 0.1) is 11.7 Å². The molecule has 0 saturated carbocycles. The number of carbonyl (C=O) groups excluding carboxylic acids is 2. The first-order valence-electron chi connectivity index (χ1n) is 10.6. The van der Waals surface area contributed by atoms with Crippen LogP contribution in [-0.2, 0) is 20.4 Å². The number of benzene rings is 1. The number of hydrogen-bond acceptors (Lipinski definition) is 6. The first-order valence-corrected chi connectivity index (χ1v) is 12.3. The summed E-state index contributed by atoms with van der Waals surface area (Å²) in [6.45, 7) is 5.97. The summed E-state index contributed by atoms with van der Waals surface area (Å²) in [5.41, 5.74) is -1.25. The predicted octanol–water partition coefficient (Wildman–Crippen LogP) is 1.71. The molecular weight excluding hydrogens is 441 g/mol. The second kappa shape index (κ2) is 11.1. The van der Waals surface area contributed by atoms with E-state index in [1.807, 2.05) is 13.8 Å². The summed E-state index contributed by atoms with van der Waals surface area (Å²) in [6.07, 6.45) is 0.987. The summed E-state index contributed by atoms with van der Waals surface area (Å²) in [5, 5.41) is 13.0. The molecule has 1 atom stereocenters. The van der Waals surface area contributed by atoms with E-state index < -0.39 is 27.5 Å². The number of nitrogens with zero attached hydrogens (tertiary/aromatic N) is 1. The van der Waals surface area contributed by atoms with Gasteiger partial charge in [-0.15, -0.1) is 0 Å². The van der Waals surface area contributed by atoms with Gasteiger partial charge in [0, 0.05) is 26.1 Å². The smallest absolute Gasteiger partial charge is 0.324 e. The molecule has 1 aromatic rings. The highest BCUT2D eigenvalue weighted by atomic mass is 32.2. The van der Waals surface area contributed by atoms with Gasteiger partial charge >= 0.3 is 6.03 Å². The van der Waals surface area contributed by atoms with Crippen LogP contribution in [0.1, 0.15) is 45.6 Å². The van der Waals surface area contributed by atoms with Gasteiger partial charge in [-0.1, -0.05) is 19.9 Å². The summed E-state index contributed by atoms with van der Waals surface area (Å²) in [5.74, 6) is -0.855. The van der Waals surface area contributed by atoms with Crippen molar-refractivity contribution in [1.82, 2.24) is 14.9 Å². The predicted molar refractivity (Wildman–Crippen MR) is 117 cm³/mol. The van der Waals surface area contributed by atoms with Crippen LogP contribution in [0.25, 0.3) is 0 Å². The quantitative estimate of drug-likeness (QED) is 0.397. The van der Waals surface area contributed by atoms with Gasteiger partial charge in [-0.3, -0.25) is 10.1 Å². The highest BCUT2D eigenvalue weighted by molar-refractivity contribution is 7.89. The van der Waals surface area contributed by atoms with E-state index in [-0.39, 0.29) is 36.3 Å². The number of unbranched alkanes of at least 4 members (excludes halogenated alkanes) is 1. The van der Waals surface area contributed by atoms with Gasteiger partial charge in [0.2, 0.25) is 15.9 Å². The lowest BCUT2D eigenvalue weighted by atomic mass is 9.96. The standard InChI is InChI=1S/C21H32FN3O6S/c1-15(2)13-31-18-12-16(6-7-17(18)22)21(3,28)14-23-32(29,30)11-5-4-9-25-10-8-19(26)24-20(25)27/h6-7,12,15,23,28H,4-5,8-11,13-14H2,1-3H3,(H,24,26,27). The first kappa shape index (κ1) is 26.0. The Bertz CT molecular complexity index is 920. The molecule has 32 heavy (non-hydrogen) atoms. The van der Waals surface area contributed by atoms with Crippen molar-refractivity contribution in [1.29, 1.82) is 0 Å². The number of hydrogen-bond donors (Lipinski definition) is 3. The van der Waals surface area contributed by atoms with Crippen LogP contribution < -0.4 is 14.8 Å². The summed E-state index contributed by atoms with van der Waals surface area (Å²) in [7, 11) is -3.68. The third-order valence-corrected chi connectivity index (χ3v) is 6.41. The van der Waals surface area contributed by atoms with E-state index in [9.17, 15) is 27.5 Å². The van der Waals surface area contributed by atoms with Crippen LogP contribution in [0.5, 0.6) is 5.75 Å². The van der Waals surface area contributed by atoms with Crippen molar-refractivity contribution < 1.29 is 32.2 Å². The Morgan fingerprint density at radius 2 is 2.03 bits per heavy atom. The molecule has 1 heterocycles. The molecule has 1 fully saturated rings. The van der Waals surface area contributed by atoms with Gasteiger partial charge in [-0.25, -0.2) is 22.3 Å². The Morgan fingerprint density at radius 1 is 1.31 bits per heavy atom. The molecule has 9 nitrogen and oxygen atoms in total. The molecule has 11 heteroatoms. The molecule has 0 radical (unpaired) electrons. The van der Waals surface area contributed by atoms with Crippen molar-refractivity contribution in [3.05, 3.63) is 29.6 Å². The van der Waals surface area contributed by atoms with Crippen molar-refractivity contribution in [3.63, 3.8) is 0 Å². The lowest BCUT2D eigenvalue weighted by Gasteiger charge is -2.26. The minimum atomic E-state index is -3.68. The Balaban J connectivity index is 1.84. The molecule has 0 bridgehead atoms. The number of imide groups is 1. The molecule has 3 N–H and O–H groups in total. The van der Waals surface area contributed by atoms with E-state index in [1.165, 1.54) is 30.0 Å². The van der Waals surface area contributed by atoms with Crippen molar-refractivity contribution in [2.45, 2.75) is 45.6 Å². The number of rotatable bonds is 12. The number of halogens is 1. The molecule has 1 aromatic carbocycles. The number of nitrogens with one attached hydrogen (secondary N) is 2. The number of aliphatic hydroxyl groups is 1. The number of urea groups is 1. The van der Waals surface area contributed by atoms with E-state index in [1.54, 1.807) is 0 Å². The Morgan fingerprint density at radius 3 is 2.69 bits per heavy atom. The van der Waals surface area contributed by atoms with Crippen molar-refractivity contribution in [2.24, 2.45) is 5.92 Å². The zero-order valence-corrected chi connectivity index (χ0v) is 19.5. The fraction of sp³-hybridized carbons (Fsp3) is 0.619. The average Bonchev–Trinajstić information content (AvgIpc) is 2.70. The van der Waals surface area contributed by atoms with E-state index in [0.717, 1.165) is 0 Å². The molecule has 3 amide bonds. The number of carbonyl (C=O) groups is 2. The van der Waals surface area contributed by atoms with Crippen LogP contribution in [-0.4, -0.2) is 62.4 Å². The molecule has 180 valence electrons. The molecule has 0 spiro atoms. The maximum Gasteiger partial charge on any atom is 0.324 e. The SMILES string of the molecule is CC(C)COc1cc(C(C)(O)CNS(=O)(=O)CCCCN2CCC(=O)NC2=O)ccc1F. The van der Waals surface area contributed by atoms with Gasteiger partial charge in [0.1, 0.15) is 5.60 Å². The maximum absolute atomic E-state index is 14.0. The molecule has 1 aliphatic rings. The van der Waals surface area contributed by atoms with Crippen LogP contribution >= 0.6 is 0 Å². The van der Waals surface area contributed by atoms with Gasteiger partial charge in [0.15, 0.2) is 11.6 Å². The van der Waals surface area contributed by atoms with E-state index in [0.29, 0.717) is 38.1 Å². The van der Waals surface area contributed by atoms with E-state index >= 15 is 0 Å². The fourth-order valence-electron chi connectivity index (χ4n) is 3.04. The van der Waals surface area contributed by atoms with Crippen molar-refractivity contribution >= 4 is 22.0 Å².